The van der Waals surface area contributed by atoms with Gasteiger partial charge in [-0.3, -0.25) is 14.2 Å². The molecule has 0 aliphatic heterocycles. The lowest BCUT2D eigenvalue weighted by Gasteiger charge is -2.32. The van der Waals surface area contributed by atoms with Crippen molar-refractivity contribution in [1.82, 2.24) is 14.5 Å². The number of methoxy groups -OCH3 is 1. The van der Waals surface area contributed by atoms with E-state index in [0.29, 0.717) is 41.9 Å². The van der Waals surface area contributed by atoms with Crippen LogP contribution in [0.1, 0.15) is 46.7 Å². The second-order valence-corrected chi connectivity index (χ2v) is 8.70. The fraction of sp³-hybridized carbons (Fsp3) is 0.276. The zero-order chi connectivity index (χ0) is 24.9. The molecule has 6 heteroatoms. The molecule has 1 amide bonds. The maximum absolute atomic E-state index is 13.9. The van der Waals surface area contributed by atoms with Crippen LogP contribution in [0.2, 0.25) is 0 Å². The Hall–Kier alpha value is -3.77. The Balaban J connectivity index is 1.96. The summed E-state index contributed by atoms with van der Waals surface area (Å²) in [5.74, 6) is 0.435. The molecule has 6 nitrogen and oxygen atoms in total. The molecule has 1 atom stereocenters. The van der Waals surface area contributed by atoms with E-state index in [-0.39, 0.29) is 11.5 Å². The fourth-order valence-electron chi connectivity index (χ4n) is 4.49. The number of benzene rings is 3. The number of carbonyl (C=O) groups is 1. The van der Waals surface area contributed by atoms with Gasteiger partial charge in [0.1, 0.15) is 5.82 Å². The van der Waals surface area contributed by atoms with Crippen molar-refractivity contribution in [3.63, 3.8) is 0 Å². The van der Waals surface area contributed by atoms with Crippen molar-refractivity contribution < 1.29 is 9.53 Å². The van der Waals surface area contributed by atoms with E-state index < -0.39 is 6.04 Å². The second kappa shape index (κ2) is 10.7. The molecule has 0 aliphatic carbocycles. The summed E-state index contributed by atoms with van der Waals surface area (Å²) in [7, 11) is 1.62. The molecule has 35 heavy (non-hydrogen) atoms. The van der Waals surface area contributed by atoms with Gasteiger partial charge < -0.3 is 9.64 Å². The Kier molecular flexibility index (Phi) is 7.42. The van der Waals surface area contributed by atoms with Crippen LogP contribution >= 0.6 is 0 Å². The summed E-state index contributed by atoms with van der Waals surface area (Å²) in [6, 6.07) is 22.3. The van der Waals surface area contributed by atoms with Gasteiger partial charge >= 0.3 is 0 Å². The first kappa shape index (κ1) is 24.4. The van der Waals surface area contributed by atoms with E-state index >= 15 is 0 Å². The van der Waals surface area contributed by atoms with Crippen molar-refractivity contribution in [2.45, 2.75) is 33.2 Å². The molecule has 0 bridgehead atoms. The summed E-state index contributed by atoms with van der Waals surface area (Å²) in [6.07, 6.45) is 0.581. The van der Waals surface area contributed by atoms with Gasteiger partial charge in [-0.25, -0.2) is 4.98 Å². The van der Waals surface area contributed by atoms with E-state index in [1.165, 1.54) is 0 Å². The van der Waals surface area contributed by atoms with Gasteiger partial charge in [-0.05, 0) is 61.7 Å². The average Bonchev–Trinajstić information content (AvgIpc) is 2.86. The summed E-state index contributed by atoms with van der Waals surface area (Å²) < 4.78 is 7.02. The topological polar surface area (TPSA) is 64.4 Å². The van der Waals surface area contributed by atoms with Crippen LogP contribution in [0.25, 0.3) is 16.6 Å². The Bertz CT molecular complexity index is 1410. The van der Waals surface area contributed by atoms with Gasteiger partial charge in [0.2, 0.25) is 0 Å². The molecule has 0 saturated carbocycles. The monoisotopic (exact) mass is 469 g/mol. The van der Waals surface area contributed by atoms with Crippen LogP contribution < -0.4 is 5.56 Å². The SMILES string of the molecule is CCC(c1nc2ccccc2c(=O)n1-c1cccc(C)c1)N(CCOC)C(=O)c1ccccc1C. The molecule has 4 rings (SSSR count). The third-order valence-corrected chi connectivity index (χ3v) is 6.30. The number of hydrogen-bond donors (Lipinski definition) is 0. The van der Waals surface area contributed by atoms with Crippen molar-refractivity contribution >= 4 is 16.8 Å². The van der Waals surface area contributed by atoms with Gasteiger partial charge in [-0.2, -0.15) is 0 Å². The minimum absolute atomic E-state index is 0.106. The molecule has 0 saturated heterocycles. The predicted octanol–water partition coefficient (Wildman–Crippen LogP) is 5.24. The zero-order valence-corrected chi connectivity index (χ0v) is 20.7. The Morgan fingerprint density at radius 2 is 1.77 bits per heavy atom. The number of amides is 1. The lowest BCUT2D eigenvalue weighted by Crippen LogP contribution is -2.40. The summed E-state index contributed by atoms with van der Waals surface area (Å²) in [5, 5.41) is 0.543. The highest BCUT2D eigenvalue weighted by Crippen LogP contribution is 2.28. The number of aryl methyl sites for hydroxylation is 2. The summed E-state index contributed by atoms with van der Waals surface area (Å²) >= 11 is 0. The molecule has 0 N–H and O–H groups in total. The molecule has 3 aromatic carbocycles. The van der Waals surface area contributed by atoms with E-state index in [4.69, 9.17) is 9.72 Å². The molecule has 0 spiro atoms. The van der Waals surface area contributed by atoms with Crippen LogP contribution in [0.4, 0.5) is 0 Å². The third kappa shape index (κ3) is 4.88. The number of hydrogen-bond acceptors (Lipinski definition) is 4. The van der Waals surface area contributed by atoms with Crippen LogP contribution in [-0.2, 0) is 4.74 Å². The molecule has 1 unspecified atom stereocenters. The quantitative estimate of drug-likeness (QED) is 0.354. The molecule has 0 fully saturated rings. The standard InChI is InChI=1S/C29H31N3O3/c1-5-26(31(17-18-35-4)28(33)23-14-7-6-12-21(23)3)27-30-25-16-9-8-15-24(25)29(34)32(27)22-13-10-11-20(2)19-22/h6-16,19,26H,5,17-18H2,1-4H3. The fourth-order valence-corrected chi connectivity index (χ4v) is 4.49. The summed E-state index contributed by atoms with van der Waals surface area (Å²) in [6.45, 7) is 6.68. The largest absolute Gasteiger partial charge is 0.383 e. The predicted molar refractivity (Wildman–Crippen MR) is 139 cm³/mol. The lowest BCUT2D eigenvalue weighted by atomic mass is 10.0. The maximum atomic E-state index is 13.9. The highest BCUT2D eigenvalue weighted by Gasteiger charge is 2.30. The summed E-state index contributed by atoms with van der Waals surface area (Å²) in [4.78, 5) is 34.4. The first-order valence-corrected chi connectivity index (χ1v) is 11.9. The smallest absolute Gasteiger partial charge is 0.266 e. The number of nitrogens with zero attached hydrogens (tertiary/aromatic N) is 3. The van der Waals surface area contributed by atoms with Crippen LogP contribution in [-0.4, -0.2) is 40.6 Å². The van der Waals surface area contributed by atoms with Crippen LogP contribution in [0.15, 0.2) is 77.6 Å². The highest BCUT2D eigenvalue weighted by molar-refractivity contribution is 5.96. The Morgan fingerprint density at radius 1 is 1.03 bits per heavy atom. The molecular formula is C29H31N3O3. The molecule has 0 aliphatic rings. The Labute approximate surface area is 205 Å². The highest BCUT2D eigenvalue weighted by atomic mass is 16.5. The minimum Gasteiger partial charge on any atom is -0.383 e. The van der Waals surface area contributed by atoms with Gasteiger partial charge in [-0.15, -0.1) is 0 Å². The molecule has 1 aromatic heterocycles. The Morgan fingerprint density at radius 3 is 2.49 bits per heavy atom. The number of aromatic nitrogens is 2. The van der Waals surface area contributed by atoms with Crippen LogP contribution in [0.5, 0.6) is 0 Å². The first-order chi connectivity index (χ1) is 17.0. The van der Waals surface area contributed by atoms with Gasteiger partial charge in [0.05, 0.1) is 29.2 Å². The number of carbonyl (C=O) groups excluding carboxylic acids is 1. The maximum Gasteiger partial charge on any atom is 0.266 e. The van der Waals surface area contributed by atoms with E-state index in [2.05, 4.69) is 0 Å². The van der Waals surface area contributed by atoms with Crippen molar-refractivity contribution in [3.8, 4) is 5.69 Å². The van der Waals surface area contributed by atoms with E-state index in [1.54, 1.807) is 22.6 Å². The lowest BCUT2D eigenvalue weighted by molar-refractivity contribution is 0.0579. The zero-order valence-electron chi connectivity index (χ0n) is 20.7. The summed E-state index contributed by atoms with van der Waals surface area (Å²) in [5.41, 5.74) is 3.77. The van der Waals surface area contributed by atoms with Crippen molar-refractivity contribution in [1.29, 1.82) is 0 Å². The molecular weight excluding hydrogens is 438 g/mol. The average molecular weight is 470 g/mol. The van der Waals surface area contributed by atoms with Crippen LogP contribution in [0, 0.1) is 13.8 Å². The van der Waals surface area contributed by atoms with E-state index in [0.717, 1.165) is 16.8 Å². The van der Waals surface area contributed by atoms with Crippen molar-refractivity contribution in [2.24, 2.45) is 0 Å². The number of fused-ring (bicyclic) bond motifs is 1. The molecule has 180 valence electrons. The van der Waals surface area contributed by atoms with E-state index in [9.17, 15) is 9.59 Å². The van der Waals surface area contributed by atoms with Crippen LogP contribution in [0.3, 0.4) is 0 Å². The third-order valence-electron chi connectivity index (χ3n) is 6.30. The number of ether oxygens (including phenoxy) is 1. The van der Waals surface area contributed by atoms with Crippen molar-refractivity contribution in [3.05, 3.63) is 106 Å². The van der Waals surface area contributed by atoms with Gasteiger partial charge in [-0.1, -0.05) is 49.4 Å². The van der Waals surface area contributed by atoms with Gasteiger partial charge in [0.25, 0.3) is 11.5 Å². The van der Waals surface area contributed by atoms with Gasteiger partial charge in [0, 0.05) is 19.2 Å². The van der Waals surface area contributed by atoms with Crippen molar-refractivity contribution in [2.75, 3.05) is 20.3 Å². The normalized spacial score (nSPS) is 12.0. The molecule has 0 radical (unpaired) electrons. The molecule has 4 aromatic rings. The van der Waals surface area contributed by atoms with Gasteiger partial charge in [0.15, 0.2) is 0 Å². The van der Waals surface area contributed by atoms with E-state index in [1.807, 2.05) is 87.5 Å². The minimum atomic E-state index is -0.435. The first-order valence-electron chi connectivity index (χ1n) is 11.9. The molecule has 1 heterocycles. The second-order valence-electron chi connectivity index (χ2n) is 8.70. The number of rotatable bonds is 8. The number of para-hydroxylation sites is 1.